The summed E-state index contributed by atoms with van der Waals surface area (Å²) < 4.78 is 21.6. The molecule has 8 nitrogen and oxygen atoms in total. The maximum absolute atomic E-state index is 13.8. The minimum absolute atomic E-state index is 0.170. The molecule has 1 saturated heterocycles. The summed E-state index contributed by atoms with van der Waals surface area (Å²) in [4.78, 5) is 39.6. The standard InChI is InChI=1S/C21H23FN4O4S/c1-11-16-19(28)26(14-4-3-8-24-18(14)27)21(29)25(20(16)31-17(11)23)9-7-12-10-13(22)5-6-15(12)30-2/h5-6,10,14H,3-4,7-9,23H2,1-2H3,(H,24,27). The number of methoxy groups -OCH3 is 1. The van der Waals surface area contributed by atoms with Gasteiger partial charge in [-0.1, -0.05) is 11.3 Å². The average Bonchev–Trinajstić information content (AvgIpc) is 3.04. The second-order valence-corrected chi connectivity index (χ2v) is 8.57. The average molecular weight is 447 g/mol. The van der Waals surface area contributed by atoms with Crippen LogP contribution in [0.15, 0.2) is 27.8 Å². The number of nitrogen functional groups attached to an aromatic ring is 1. The first kappa shape index (κ1) is 21.1. The van der Waals surface area contributed by atoms with Gasteiger partial charge in [0.25, 0.3) is 5.56 Å². The number of nitrogens with zero attached hydrogens (tertiary/aromatic N) is 2. The van der Waals surface area contributed by atoms with Crippen molar-refractivity contribution in [1.82, 2.24) is 14.5 Å². The van der Waals surface area contributed by atoms with Gasteiger partial charge in [0.2, 0.25) is 5.91 Å². The van der Waals surface area contributed by atoms with Crippen LogP contribution in [-0.2, 0) is 17.8 Å². The minimum atomic E-state index is -0.867. The number of fused-ring (bicyclic) bond motifs is 1. The number of nitrogens with two attached hydrogens (primary N) is 1. The first-order valence-electron chi connectivity index (χ1n) is 9.97. The smallest absolute Gasteiger partial charge is 0.332 e. The van der Waals surface area contributed by atoms with Gasteiger partial charge < -0.3 is 15.8 Å². The molecule has 3 N–H and O–H groups in total. The number of aromatic nitrogens is 2. The van der Waals surface area contributed by atoms with Crippen LogP contribution in [0.4, 0.5) is 9.39 Å². The molecule has 1 atom stereocenters. The number of ether oxygens (including phenoxy) is 1. The number of hydrogen-bond donors (Lipinski definition) is 2. The molecular formula is C21H23FN4O4S. The van der Waals surface area contributed by atoms with Crippen LogP contribution in [0.5, 0.6) is 5.75 Å². The van der Waals surface area contributed by atoms with Crippen LogP contribution >= 0.6 is 11.3 Å². The molecule has 164 valence electrons. The van der Waals surface area contributed by atoms with Crippen LogP contribution in [0.25, 0.3) is 10.2 Å². The summed E-state index contributed by atoms with van der Waals surface area (Å²) in [6.45, 7) is 2.42. The highest BCUT2D eigenvalue weighted by Gasteiger charge is 2.29. The van der Waals surface area contributed by atoms with Gasteiger partial charge in [-0.2, -0.15) is 0 Å². The Bertz CT molecular complexity index is 1290. The van der Waals surface area contributed by atoms with E-state index in [1.54, 1.807) is 6.92 Å². The lowest BCUT2D eigenvalue weighted by atomic mass is 10.1. The lowest BCUT2D eigenvalue weighted by molar-refractivity contribution is -0.126. The van der Waals surface area contributed by atoms with Crippen molar-refractivity contribution >= 4 is 32.5 Å². The van der Waals surface area contributed by atoms with Gasteiger partial charge in [0.1, 0.15) is 22.4 Å². The Balaban J connectivity index is 1.88. The molecule has 0 radical (unpaired) electrons. The summed E-state index contributed by atoms with van der Waals surface area (Å²) in [6.07, 6.45) is 1.37. The number of hydrogen-bond acceptors (Lipinski definition) is 6. The molecule has 0 aliphatic carbocycles. The molecule has 31 heavy (non-hydrogen) atoms. The summed E-state index contributed by atoms with van der Waals surface area (Å²) >= 11 is 1.16. The molecule has 1 aliphatic rings. The predicted octanol–water partition coefficient (Wildman–Crippen LogP) is 1.96. The maximum Gasteiger partial charge on any atom is 0.332 e. The van der Waals surface area contributed by atoms with Crippen molar-refractivity contribution in [3.8, 4) is 5.75 Å². The number of nitrogens with one attached hydrogen (secondary N) is 1. The molecule has 1 aliphatic heterocycles. The van der Waals surface area contributed by atoms with Crippen molar-refractivity contribution in [3.63, 3.8) is 0 Å². The lowest BCUT2D eigenvalue weighted by Crippen LogP contribution is -2.49. The molecule has 1 amide bonds. The SMILES string of the molecule is COc1ccc(F)cc1CCn1c(=O)n(C2CCCNC2=O)c(=O)c2c(C)c(N)sc21. The van der Waals surface area contributed by atoms with Crippen molar-refractivity contribution in [1.29, 1.82) is 0 Å². The highest BCUT2D eigenvalue weighted by molar-refractivity contribution is 7.22. The van der Waals surface area contributed by atoms with Crippen LogP contribution in [0.1, 0.15) is 30.0 Å². The van der Waals surface area contributed by atoms with Gasteiger partial charge in [0.15, 0.2) is 0 Å². The van der Waals surface area contributed by atoms with Crippen molar-refractivity contribution < 1.29 is 13.9 Å². The summed E-state index contributed by atoms with van der Waals surface area (Å²) in [6, 6.07) is 3.33. The number of anilines is 1. The minimum Gasteiger partial charge on any atom is -0.496 e. The molecule has 2 aromatic heterocycles. The summed E-state index contributed by atoms with van der Waals surface area (Å²) in [5, 5.41) is 3.50. The second-order valence-electron chi connectivity index (χ2n) is 7.54. The number of carbonyl (C=O) groups is 1. The zero-order chi connectivity index (χ0) is 22.3. The van der Waals surface area contributed by atoms with E-state index in [9.17, 15) is 18.8 Å². The Kier molecular flexibility index (Phi) is 5.57. The first-order valence-corrected chi connectivity index (χ1v) is 10.8. The topological polar surface area (TPSA) is 108 Å². The number of carbonyl (C=O) groups excluding carboxylic acids is 1. The van der Waals surface area contributed by atoms with E-state index in [0.29, 0.717) is 57.9 Å². The zero-order valence-electron chi connectivity index (χ0n) is 17.2. The molecule has 3 heterocycles. The molecule has 1 unspecified atom stereocenters. The van der Waals surface area contributed by atoms with Gasteiger partial charge in [-0.05, 0) is 55.5 Å². The number of aryl methyl sites for hydroxylation is 3. The Labute approximate surface area is 181 Å². The number of piperidine rings is 1. The van der Waals surface area contributed by atoms with Gasteiger partial charge >= 0.3 is 5.69 Å². The number of thiophene rings is 1. The van der Waals surface area contributed by atoms with Crippen molar-refractivity contribution in [2.24, 2.45) is 0 Å². The van der Waals surface area contributed by atoms with Gasteiger partial charge in [-0.25, -0.2) is 13.8 Å². The molecule has 1 fully saturated rings. The zero-order valence-corrected chi connectivity index (χ0v) is 18.1. The fourth-order valence-electron chi connectivity index (χ4n) is 4.03. The van der Waals surface area contributed by atoms with Crippen LogP contribution < -0.4 is 27.0 Å². The Morgan fingerprint density at radius 2 is 2.10 bits per heavy atom. The van der Waals surface area contributed by atoms with Crippen LogP contribution in [0, 0.1) is 12.7 Å². The van der Waals surface area contributed by atoms with E-state index in [1.165, 1.54) is 29.9 Å². The predicted molar refractivity (Wildman–Crippen MR) is 117 cm³/mol. The summed E-state index contributed by atoms with van der Waals surface area (Å²) in [5.74, 6) is -0.245. The van der Waals surface area contributed by atoms with Crippen LogP contribution in [0.2, 0.25) is 0 Å². The molecule has 1 aromatic carbocycles. The molecule has 0 bridgehead atoms. The van der Waals surface area contributed by atoms with Crippen LogP contribution in [-0.4, -0.2) is 28.7 Å². The van der Waals surface area contributed by atoms with Gasteiger partial charge in [0, 0.05) is 13.1 Å². The highest BCUT2D eigenvalue weighted by atomic mass is 32.1. The van der Waals surface area contributed by atoms with E-state index in [2.05, 4.69) is 5.32 Å². The fourth-order valence-corrected chi connectivity index (χ4v) is 5.12. The van der Waals surface area contributed by atoms with E-state index < -0.39 is 23.1 Å². The summed E-state index contributed by atoms with van der Waals surface area (Å²) in [7, 11) is 1.49. The van der Waals surface area contributed by atoms with Gasteiger partial charge in [-0.3, -0.25) is 14.2 Å². The van der Waals surface area contributed by atoms with Crippen molar-refractivity contribution in [2.75, 3.05) is 19.4 Å². The van der Waals surface area contributed by atoms with Gasteiger partial charge in [-0.15, -0.1) is 0 Å². The maximum atomic E-state index is 13.8. The molecule has 3 aromatic rings. The van der Waals surface area contributed by atoms with Gasteiger partial charge in [0.05, 0.1) is 17.5 Å². The largest absolute Gasteiger partial charge is 0.496 e. The number of benzene rings is 1. The molecular weight excluding hydrogens is 423 g/mol. The number of halogens is 1. The Morgan fingerprint density at radius 1 is 1.32 bits per heavy atom. The molecule has 10 heteroatoms. The normalized spacial score (nSPS) is 16.5. The van der Waals surface area contributed by atoms with E-state index in [0.717, 1.165) is 15.9 Å². The van der Waals surface area contributed by atoms with Crippen molar-refractivity contribution in [2.45, 2.75) is 38.8 Å². The van der Waals surface area contributed by atoms with E-state index >= 15 is 0 Å². The van der Waals surface area contributed by atoms with E-state index in [1.807, 2.05) is 0 Å². The number of amides is 1. The highest BCUT2D eigenvalue weighted by Crippen LogP contribution is 2.31. The summed E-state index contributed by atoms with van der Waals surface area (Å²) in [5.41, 5.74) is 6.18. The number of rotatable bonds is 5. The first-order chi connectivity index (χ1) is 14.8. The third kappa shape index (κ3) is 3.60. The molecule has 0 saturated carbocycles. The Hall–Kier alpha value is -3.14. The molecule has 4 rings (SSSR count). The third-order valence-electron chi connectivity index (χ3n) is 5.69. The third-order valence-corrected chi connectivity index (χ3v) is 6.84. The van der Waals surface area contributed by atoms with Crippen molar-refractivity contribution in [3.05, 3.63) is 56.0 Å². The second kappa shape index (κ2) is 8.18. The lowest BCUT2D eigenvalue weighted by Gasteiger charge is -2.24. The monoisotopic (exact) mass is 446 g/mol. The van der Waals surface area contributed by atoms with E-state index in [4.69, 9.17) is 10.5 Å². The van der Waals surface area contributed by atoms with Crippen LogP contribution in [0.3, 0.4) is 0 Å². The molecule has 0 spiro atoms. The fraction of sp³-hybridized carbons (Fsp3) is 0.381. The Morgan fingerprint density at radius 3 is 2.81 bits per heavy atom. The quantitative estimate of drug-likeness (QED) is 0.623. The van der Waals surface area contributed by atoms with E-state index in [-0.39, 0.29) is 12.5 Å².